The van der Waals surface area contributed by atoms with E-state index in [4.69, 9.17) is 14.5 Å². The fourth-order valence-electron chi connectivity index (χ4n) is 2.78. The summed E-state index contributed by atoms with van der Waals surface area (Å²) in [6, 6.07) is 12.2. The molecule has 6 nitrogen and oxygen atoms in total. The van der Waals surface area contributed by atoms with Crippen LogP contribution in [0.5, 0.6) is 5.88 Å². The summed E-state index contributed by atoms with van der Waals surface area (Å²) >= 11 is 0. The van der Waals surface area contributed by atoms with E-state index in [2.05, 4.69) is 38.8 Å². The van der Waals surface area contributed by atoms with Crippen LogP contribution in [0.25, 0.3) is 10.9 Å². The quantitative estimate of drug-likeness (QED) is 0.676. The van der Waals surface area contributed by atoms with Crippen molar-refractivity contribution in [1.29, 1.82) is 0 Å². The van der Waals surface area contributed by atoms with Crippen LogP contribution in [0, 0.1) is 11.8 Å². The molecule has 1 saturated heterocycles. The third-order valence-electron chi connectivity index (χ3n) is 4.12. The van der Waals surface area contributed by atoms with Crippen molar-refractivity contribution in [2.24, 2.45) is 0 Å². The Morgan fingerprint density at radius 1 is 1.12 bits per heavy atom. The highest BCUT2D eigenvalue weighted by Crippen LogP contribution is 2.24. The minimum absolute atomic E-state index is 0.0444. The highest BCUT2D eigenvalue weighted by atomic mass is 16.5. The van der Waals surface area contributed by atoms with Gasteiger partial charge in [-0.05, 0) is 24.1 Å². The van der Waals surface area contributed by atoms with Crippen LogP contribution in [0.1, 0.15) is 5.69 Å². The molecule has 0 radical (unpaired) electrons. The largest absolute Gasteiger partial charge is 0.469 e. The van der Waals surface area contributed by atoms with Crippen molar-refractivity contribution < 1.29 is 9.47 Å². The summed E-state index contributed by atoms with van der Waals surface area (Å²) in [4.78, 5) is 15.4. The van der Waals surface area contributed by atoms with Crippen molar-refractivity contribution >= 4 is 16.7 Å². The van der Waals surface area contributed by atoms with Crippen LogP contribution < -0.4 is 9.64 Å². The van der Waals surface area contributed by atoms with Crippen molar-refractivity contribution in [2.45, 2.75) is 6.10 Å². The van der Waals surface area contributed by atoms with Gasteiger partial charge in [-0.1, -0.05) is 24.1 Å². The van der Waals surface area contributed by atoms with Crippen molar-refractivity contribution in [3.63, 3.8) is 0 Å². The first-order valence-electron chi connectivity index (χ1n) is 8.40. The van der Waals surface area contributed by atoms with Gasteiger partial charge in [0.2, 0.25) is 5.88 Å². The highest BCUT2D eigenvalue weighted by Gasteiger charge is 2.30. The molecule has 26 heavy (non-hydrogen) atoms. The summed E-state index contributed by atoms with van der Waals surface area (Å²) in [5.74, 6) is 7.23. The molecule has 2 aromatic heterocycles. The summed E-state index contributed by atoms with van der Waals surface area (Å²) in [5, 5.41) is 1.14. The first kappa shape index (κ1) is 16.3. The van der Waals surface area contributed by atoms with E-state index in [9.17, 15) is 0 Å². The third-order valence-corrected chi connectivity index (χ3v) is 4.12. The summed E-state index contributed by atoms with van der Waals surface area (Å²) < 4.78 is 10.9. The molecule has 0 spiro atoms. The van der Waals surface area contributed by atoms with Gasteiger partial charge in [-0.25, -0.2) is 15.0 Å². The Kier molecular flexibility index (Phi) is 4.63. The number of pyridine rings is 1. The molecule has 130 valence electrons. The molecule has 1 fully saturated rings. The summed E-state index contributed by atoms with van der Waals surface area (Å²) in [6.45, 7) is 1.86. The van der Waals surface area contributed by atoms with Crippen LogP contribution in [-0.2, 0) is 4.74 Å². The zero-order chi connectivity index (χ0) is 17.8. The molecule has 0 N–H and O–H groups in total. The van der Waals surface area contributed by atoms with Crippen LogP contribution >= 0.6 is 0 Å². The van der Waals surface area contributed by atoms with E-state index in [0.717, 1.165) is 29.8 Å². The average Bonchev–Trinajstić information content (AvgIpc) is 2.65. The van der Waals surface area contributed by atoms with Crippen molar-refractivity contribution in [2.75, 3.05) is 31.7 Å². The first-order valence-corrected chi connectivity index (χ1v) is 8.40. The fourth-order valence-corrected chi connectivity index (χ4v) is 2.78. The molecule has 1 aliphatic heterocycles. The second-order valence-electron chi connectivity index (χ2n) is 5.95. The van der Waals surface area contributed by atoms with Crippen molar-refractivity contribution in [3.8, 4) is 17.7 Å². The maximum absolute atomic E-state index is 5.96. The maximum Gasteiger partial charge on any atom is 0.249 e. The van der Waals surface area contributed by atoms with Gasteiger partial charge < -0.3 is 14.4 Å². The van der Waals surface area contributed by atoms with Crippen molar-refractivity contribution in [3.05, 3.63) is 54.5 Å². The van der Waals surface area contributed by atoms with Gasteiger partial charge in [0.15, 0.2) is 5.69 Å². The standard InChI is InChI=1S/C20H18N4O2/c1-25-12-4-7-18-20(22-11-10-21-18)26-16-13-24(14-16)19-9-8-15-5-2-3-6-17(15)23-19/h2-3,5-6,8-11,16H,12-14H2,1H3. The normalized spacial score (nSPS) is 13.8. The van der Waals surface area contributed by atoms with Crippen LogP contribution in [-0.4, -0.2) is 47.9 Å². The molecule has 0 amide bonds. The van der Waals surface area contributed by atoms with E-state index in [1.165, 1.54) is 0 Å². The average molecular weight is 346 g/mol. The number of ether oxygens (including phenoxy) is 2. The number of hydrogen-bond acceptors (Lipinski definition) is 6. The van der Waals surface area contributed by atoms with Gasteiger partial charge >= 0.3 is 0 Å². The monoisotopic (exact) mass is 346 g/mol. The van der Waals surface area contributed by atoms with Crippen LogP contribution in [0.4, 0.5) is 5.82 Å². The van der Waals surface area contributed by atoms with Gasteiger partial charge in [-0.2, -0.15) is 0 Å². The lowest BCUT2D eigenvalue weighted by Crippen LogP contribution is -2.54. The summed E-state index contributed by atoms with van der Waals surface area (Å²) in [5.41, 5.74) is 1.53. The maximum atomic E-state index is 5.96. The highest BCUT2D eigenvalue weighted by molar-refractivity contribution is 5.80. The zero-order valence-corrected chi connectivity index (χ0v) is 14.4. The number of anilines is 1. The lowest BCUT2D eigenvalue weighted by molar-refractivity contribution is 0.159. The van der Waals surface area contributed by atoms with E-state index < -0.39 is 0 Å². The van der Waals surface area contributed by atoms with Crippen LogP contribution in [0.2, 0.25) is 0 Å². The molecule has 1 aromatic carbocycles. The molecule has 6 heteroatoms. The zero-order valence-electron chi connectivity index (χ0n) is 14.4. The third kappa shape index (κ3) is 3.44. The Hall–Kier alpha value is -3.17. The van der Waals surface area contributed by atoms with Crippen molar-refractivity contribution in [1.82, 2.24) is 15.0 Å². The second-order valence-corrected chi connectivity index (χ2v) is 5.95. The smallest absolute Gasteiger partial charge is 0.249 e. The second kappa shape index (κ2) is 7.38. The first-order chi connectivity index (χ1) is 12.8. The number of para-hydroxylation sites is 1. The molecule has 0 bridgehead atoms. The van der Waals surface area contributed by atoms with Gasteiger partial charge in [0.25, 0.3) is 0 Å². The van der Waals surface area contributed by atoms with Gasteiger partial charge in [0, 0.05) is 24.9 Å². The predicted octanol–water partition coefficient (Wildman–Crippen LogP) is 2.29. The molecular weight excluding hydrogens is 328 g/mol. The number of aromatic nitrogens is 3. The number of benzene rings is 1. The van der Waals surface area contributed by atoms with E-state index in [1.807, 2.05) is 24.3 Å². The molecule has 0 aliphatic carbocycles. The van der Waals surface area contributed by atoms with Gasteiger partial charge in [0.1, 0.15) is 18.5 Å². The predicted molar refractivity (Wildman–Crippen MR) is 99.2 cm³/mol. The molecular formula is C20H18N4O2. The van der Waals surface area contributed by atoms with Crippen LogP contribution in [0.3, 0.4) is 0 Å². The number of nitrogens with zero attached hydrogens (tertiary/aromatic N) is 4. The molecule has 3 heterocycles. The number of fused-ring (bicyclic) bond motifs is 1. The summed E-state index contributed by atoms with van der Waals surface area (Å²) in [7, 11) is 1.60. The Balaban J connectivity index is 1.41. The fraction of sp³-hybridized carbons (Fsp3) is 0.250. The lowest BCUT2D eigenvalue weighted by atomic mass is 10.1. The Morgan fingerprint density at radius 3 is 2.85 bits per heavy atom. The Labute approximate surface area is 151 Å². The van der Waals surface area contributed by atoms with E-state index >= 15 is 0 Å². The number of hydrogen-bond donors (Lipinski definition) is 0. The molecule has 1 aliphatic rings. The minimum Gasteiger partial charge on any atom is -0.469 e. The minimum atomic E-state index is 0.0444. The topological polar surface area (TPSA) is 60.4 Å². The molecule has 3 aromatic rings. The van der Waals surface area contributed by atoms with E-state index in [1.54, 1.807) is 19.5 Å². The van der Waals surface area contributed by atoms with Gasteiger partial charge in [0.05, 0.1) is 18.6 Å². The molecule has 4 rings (SSSR count). The SMILES string of the molecule is COCC#Cc1nccnc1OC1CN(c2ccc3ccccc3n2)C1. The van der Waals surface area contributed by atoms with E-state index in [-0.39, 0.29) is 6.10 Å². The van der Waals surface area contributed by atoms with E-state index in [0.29, 0.717) is 18.2 Å². The van der Waals surface area contributed by atoms with Gasteiger partial charge in [-0.3, -0.25) is 0 Å². The Morgan fingerprint density at radius 2 is 1.96 bits per heavy atom. The summed E-state index contributed by atoms with van der Waals surface area (Å²) in [6.07, 6.45) is 3.26. The Bertz CT molecular complexity index is 974. The number of rotatable bonds is 4. The number of methoxy groups -OCH3 is 1. The molecule has 0 unspecified atom stereocenters. The lowest BCUT2D eigenvalue weighted by Gasteiger charge is -2.39. The molecule has 0 atom stereocenters. The molecule has 0 saturated carbocycles. The van der Waals surface area contributed by atoms with Crippen LogP contribution in [0.15, 0.2) is 48.8 Å². The van der Waals surface area contributed by atoms with Gasteiger partial charge in [-0.15, -0.1) is 0 Å².